The number of pyridine rings is 1. The van der Waals surface area contributed by atoms with E-state index in [1.54, 1.807) is 0 Å². The molecule has 3 unspecified atom stereocenters. The van der Waals surface area contributed by atoms with Gasteiger partial charge in [0.2, 0.25) is 0 Å². The van der Waals surface area contributed by atoms with E-state index in [4.69, 9.17) is 5.26 Å². The third-order valence-electron chi connectivity index (χ3n) is 3.55. The first-order valence-corrected chi connectivity index (χ1v) is 6.94. The number of hydrogen-bond donors (Lipinski definition) is 2. The van der Waals surface area contributed by atoms with E-state index in [1.807, 2.05) is 0 Å². The normalized spacial score (nSPS) is 22.1. The quantitative estimate of drug-likeness (QED) is 0.716. The van der Waals surface area contributed by atoms with Crippen molar-refractivity contribution in [3.05, 3.63) is 23.5 Å². The van der Waals surface area contributed by atoms with Crippen LogP contribution in [0.25, 0.3) is 0 Å². The number of hydrogen-bond acceptors (Lipinski definition) is 6. The summed E-state index contributed by atoms with van der Waals surface area (Å²) in [6, 6.07) is 1.11. The maximum absolute atomic E-state index is 12.8. The van der Waals surface area contributed by atoms with Gasteiger partial charge in [0, 0.05) is 0 Å². The Morgan fingerprint density at radius 1 is 1.00 bits per heavy atom. The van der Waals surface area contributed by atoms with Crippen molar-refractivity contribution in [1.82, 2.24) is 4.98 Å². The van der Waals surface area contributed by atoms with Crippen LogP contribution in [0.3, 0.4) is 0 Å². The molecule has 6 nitrogen and oxygen atoms in total. The zero-order chi connectivity index (χ0) is 21.7. The summed E-state index contributed by atoms with van der Waals surface area (Å²) in [7, 11) is 0. The summed E-state index contributed by atoms with van der Waals surface area (Å²) in [6.45, 7) is 0. The number of rotatable bonds is 2. The number of nitrogens with zero attached hydrogens (tertiary/aromatic N) is 4. The Morgan fingerprint density at radius 3 is 1.82 bits per heavy atom. The lowest BCUT2D eigenvalue weighted by Crippen LogP contribution is -2.46. The lowest BCUT2D eigenvalue weighted by Gasteiger charge is -2.27. The van der Waals surface area contributed by atoms with Crippen LogP contribution in [0.2, 0.25) is 0 Å². The van der Waals surface area contributed by atoms with Gasteiger partial charge in [-0.1, -0.05) is 0 Å². The molecule has 0 saturated heterocycles. The van der Waals surface area contributed by atoms with Crippen molar-refractivity contribution in [2.24, 2.45) is 11.0 Å². The highest BCUT2D eigenvalue weighted by Gasteiger charge is 2.53. The minimum atomic E-state index is -5.37. The summed E-state index contributed by atoms with van der Waals surface area (Å²) in [5.41, 5.74) is -6.39. The molecular formula is C13H7F9N4O2. The number of hydrazone groups is 1. The van der Waals surface area contributed by atoms with Crippen molar-refractivity contribution < 1.29 is 49.7 Å². The summed E-state index contributed by atoms with van der Waals surface area (Å²) in [4.78, 5) is 2.40. The summed E-state index contributed by atoms with van der Waals surface area (Å²) in [5, 5.41) is 31.1. The van der Waals surface area contributed by atoms with Crippen molar-refractivity contribution >= 4 is 11.4 Å². The molecule has 154 valence electrons. The van der Waals surface area contributed by atoms with Crippen LogP contribution in [-0.2, 0) is 12.4 Å². The van der Waals surface area contributed by atoms with Gasteiger partial charge >= 0.3 is 18.5 Å². The van der Waals surface area contributed by atoms with Crippen molar-refractivity contribution in [3.63, 3.8) is 0 Å². The molecule has 0 aliphatic carbocycles. The third kappa shape index (κ3) is 4.12. The lowest BCUT2D eigenvalue weighted by atomic mass is 9.95. The molecule has 28 heavy (non-hydrogen) atoms. The molecule has 0 radical (unpaired) electrons. The van der Waals surface area contributed by atoms with Crippen LogP contribution >= 0.6 is 0 Å². The minimum Gasteiger partial charge on any atom is -0.383 e. The average Bonchev–Trinajstić information content (AvgIpc) is 2.87. The maximum atomic E-state index is 12.8. The smallest absolute Gasteiger partial charge is 0.383 e. The van der Waals surface area contributed by atoms with Gasteiger partial charge in [-0.3, -0.25) is 0 Å². The lowest BCUT2D eigenvalue weighted by molar-refractivity contribution is -0.218. The molecule has 3 atom stereocenters. The predicted octanol–water partition coefficient (Wildman–Crippen LogP) is 2.68. The highest BCUT2D eigenvalue weighted by Crippen LogP contribution is 2.39. The molecule has 1 aromatic rings. The monoisotopic (exact) mass is 422 g/mol. The Kier molecular flexibility index (Phi) is 5.25. The number of alkyl halides is 9. The fourth-order valence-electron chi connectivity index (χ4n) is 2.30. The van der Waals surface area contributed by atoms with Gasteiger partial charge in [0.25, 0.3) is 0 Å². The van der Waals surface area contributed by atoms with Gasteiger partial charge in [-0.15, -0.1) is 0 Å². The van der Waals surface area contributed by atoms with Crippen LogP contribution in [0, 0.1) is 17.2 Å². The summed E-state index contributed by atoms with van der Waals surface area (Å²) in [5.74, 6) is -2.46. The molecule has 2 rings (SSSR count). The number of nitriles is 1. The Hall–Kier alpha value is -2.60. The molecule has 0 saturated carbocycles. The van der Waals surface area contributed by atoms with E-state index >= 15 is 0 Å². The summed E-state index contributed by atoms with van der Waals surface area (Å²) >= 11 is 0. The van der Waals surface area contributed by atoms with Crippen molar-refractivity contribution in [2.45, 2.75) is 30.9 Å². The molecule has 1 aliphatic heterocycles. The number of anilines is 1. The van der Waals surface area contributed by atoms with Crippen molar-refractivity contribution in [2.75, 3.05) is 5.01 Å². The van der Waals surface area contributed by atoms with Gasteiger partial charge in [-0.05, 0) is 12.1 Å². The third-order valence-corrected chi connectivity index (χ3v) is 3.55. The van der Waals surface area contributed by atoms with E-state index in [2.05, 4.69) is 10.1 Å². The molecular weight excluding hydrogens is 415 g/mol. The van der Waals surface area contributed by atoms with Crippen LogP contribution in [0.1, 0.15) is 11.4 Å². The fourth-order valence-corrected chi connectivity index (χ4v) is 2.30. The first kappa shape index (κ1) is 21.7. The molecule has 1 aromatic heterocycles. The van der Waals surface area contributed by atoms with E-state index in [-0.39, 0.29) is 17.1 Å². The first-order valence-electron chi connectivity index (χ1n) is 6.94. The Bertz CT molecular complexity index is 793. The van der Waals surface area contributed by atoms with Gasteiger partial charge in [0.15, 0.2) is 12.3 Å². The molecule has 15 heteroatoms. The molecule has 0 amide bonds. The zero-order valence-corrected chi connectivity index (χ0v) is 13.0. The van der Waals surface area contributed by atoms with Crippen molar-refractivity contribution in [3.8, 4) is 6.07 Å². The van der Waals surface area contributed by atoms with Crippen LogP contribution in [0.4, 0.5) is 45.2 Å². The second-order valence-electron chi connectivity index (χ2n) is 5.46. The molecule has 1 aliphatic rings. The zero-order valence-electron chi connectivity index (χ0n) is 13.0. The second-order valence-corrected chi connectivity index (χ2v) is 5.46. The molecule has 0 spiro atoms. The SMILES string of the molecule is N#CC1=NN(c2cc(C(F)(F)F)nc(C(F)(F)F)c2)C(O)C1C(O)C(F)(F)F. The molecule has 2 N–H and O–H groups in total. The van der Waals surface area contributed by atoms with Crippen LogP contribution in [0.5, 0.6) is 0 Å². The maximum Gasteiger partial charge on any atom is 0.433 e. The molecule has 0 bridgehead atoms. The number of halogens is 9. The Labute approximate surface area is 149 Å². The highest BCUT2D eigenvalue weighted by atomic mass is 19.4. The predicted molar refractivity (Wildman–Crippen MR) is 71.3 cm³/mol. The van der Waals surface area contributed by atoms with E-state index < -0.39 is 59.6 Å². The van der Waals surface area contributed by atoms with Gasteiger partial charge in [-0.2, -0.15) is 49.9 Å². The van der Waals surface area contributed by atoms with E-state index in [1.165, 1.54) is 0 Å². The standard InChI is InChI=1S/C13H7F9N4O2/c14-11(15,16)6-1-4(2-7(24-6)12(17,18)19)26-10(28)8(5(3-23)25-26)9(27)13(20,21)22/h1-2,8-10,27-28H. The van der Waals surface area contributed by atoms with E-state index in [0.717, 1.165) is 6.07 Å². The average molecular weight is 422 g/mol. The van der Waals surface area contributed by atoms with E-state index in [0.29, 0.717) is 0 Å². The second kappa shape index (κ2) is 6.78. The minimum absolute atomic E-state index is 0.000691. The van der Waals surface area contributed by atoms with Crippen LogP contribution < -0.4 is 5.01 Å². The molecule has 0 fully saturated rings. The van der Waals surface area contributed by atoms with Crippen LogP contribution in [-0.4, -0.2) is 39.4 Å². The van der Waals surface area contributed by atoms with Crippen LogP contribution in [0.15, 0.2) is 17.2 Å². The van der Waals surface area contributed by atoms with Crippen molar-refractivity contribution in [1.29, 1.82) is 5.26 Å². The number of aliphatic hydroxyl groups is 2. The van der Waals surface area contributed by atoms with E-state index in [9.17, 15) is 49.7 Å². The van der Waals surface area contributed by atoms with Gasteiger partial charge in [0.1, 0.15) is 23.2 Å². The van der Waals surface area contributed by atoms with Gasteiger partial charge in [0.05, 0.1) is 11.6 Å². The summed E-state index contributed by atoms with van der Waals surface area (Å²) < 4.78 is 115. The Balaban J connectivity index is 2.59. The van der Waals surface area contributed by atoms with Gasteiger partial charge in [-0.25, -0.2) is 9.99 Å². The van der Waals surface area contributed by atoms with Gasteiger partial charge < -0.3 is 10.2 Å². The number of aliphatic hydroxyl groups excluding tert-OH is 2. The molecule has 0 aromatic carbocycles. The molecule has 2 heterocycles. The topological polar surface area (TPSA) is 92.7 Å². The first-order chi connectivity index (χ1) is 12.6. The fraction of sp³-hybridized carbons (Fsp3) is 0.462. The number of aromatic nitrogens is 1. The summed E-state index contributed by atoms with van der Waals surface area (Å²) in [6.07, 6.45) is -22.0. The highest BCUT2D eigenvalue weighted by molar-refractivity contribution is 6.03. The Morgan fingerprint density at radius 2 is 1.46 bits per heavy atom. The largest absolute Gasteiger partial charge is 0.433 e.